The molecule has 4 saturated heterocycles. The standard InChI is InChI=1S/C59H98N8O28/c1-31-43(76)47(80)50(83)56(91-31)88-22-20-64-37(70)14-7-3-9-17-61-40(73)25-67(26-41(74)62-18-10-4-8-15-39(72)66-55(87)33(60)24-32-12-5-2-6-13-32)27-42(75)63-19-11-16-38(71)65-21-23-89-58-53(86)54(95-59-52(85)49(82)45(78)35(29-69)93-59)46(79)36(94-58)30-90-57-51(84)48(81)44(77)34(28-68)92-57/h2,5-6,12-13,31,33-36,43-54,56-59,68-69,76-86H,3-4,7-11,14-30,60H2,1H3,(H,61,73)(H,62,74)(H,63,75)(H,64,70)(H,65,71)(H,66,72,87)/t31-,33-,34+,35+,36+,43+,44+,45+,46+,47+,48-,49-,50-,51-,52-,53-,54-,56+,57-,58-,59+/m0/s1. The molecule has 4 aliphatic rings. The molecular weight excluding hydrogens is 1270 g/mol. The molecule has 1 aromatic carbocycles. The molecule has 0 saturated carbocycles. The zero-order chi connectivity index (χ0) is 69.7. The number of amides is 7. The maximum Gasteiger partial charge on any atom is 0.243 e. The van der Waals surface area contributed by atoms with Crippen LogP contribution in [0.15, 0.2) is 30.3 Å². The summed E-state index contributed by atoms with van der Waals surface area (Å²) < 4.78 is 44.3. The first-order valence-corrected chi connectivity index (χ1v) is 31.8. The van der Waals surface area contributed by atoms with Gasteiger partial charge in [0.2, 0.25) is 41.4 Å². The van der Waals surface area contributed by atoms with Gasteiger partial charge in [-0.3, -0.25) is 43.8 Å². The number of nitrogens with two attached hydrogens (primary N) is 1. The lowest BCUT2D eigenvalue weighted by molar-refractivity contribution is -0.366. The minimum atomic E-state index is -1.97. The van der Waals surface area contributed by atoms with Gasteiger partial charge in [-0.05, 0) is 51.0 Å². The van der Waals surface area contributed by atoms with Gasteiger partial charge in [-0.2, -0.15) is 0 Å². The summed E-state index contributed by atoms with van der Waals surface area (Å²) >= 11 is 0. The van der Waals surface area contributed by atoms with E-state index in [4.69, 9.17) is 43.6 Å². The van der Waals surface area contributed by atoms with Gasteiger partial charge in [0.15, 0.2) is 25.2 Å². The molecule has 21 atom stereocenters. The van der Waals surface area contributed by atoms with Crippen LogP contribution in [0.5, 0.6) is 0 Å². The Morgan fingerprint density at radius 1 is 0.463 bits per heavy atom. The van der Waals surface area contributed by atoms with Crippen molar-refractivity contribution in [2.75, 3.05) is 85.4 Å². The number of imide groups is 1. The van der Waals surface area contributed by atoms with E-state index in [0.717, 1.165) is 5.56 Å². The first-order valence-electron chi connectivity index (χ1n) is 31.8. The van der Waals surface area contributed by atoms with Crippen LogP contribution >= 0.6 is 0 Å². The second kappa shape index (κ2) is 41.9. The highest BCUT2D eigenvalue weighted by Gasteiger charge is 2.52. The number of unbranched alkanes of at least 4 members (excludes halogenated alkanes) is 4. The molecular formula is C59H98N8O28. The number of rotatable bonds is 40. The SMILES string of the molecule is C[C@@H]1O[C@@H](OCCNC(=O)CCCCCNC(=O)CN(CC(=O)NCCCCCC(=O)NC(=O)[C@@H](N)Cc2ccccc2)CC(=O)NCCCC(=O)NCCO[C@H]2O[C@H](CO[C@H]3O[C@H](CO)[C@@H](O)[C@H](O)[C@@H]3O)[C@@H](O)[C@H](O[C@H]3O[C@H](CO)[C@@H](O)[C@H](O)[C@@H]3O)[C@@H]2O)[C@@H](O)[C@H](O)[C@@H]1O. The molecule has 0 spiro atoms. The Morgan fingerprint density at radius 3 is 1.42 bits per heavy atom. The molecule has 1 aromatic rings. The lowest BCUT2D eigenvalue weighted by atomic mass is 9.96. The summed E-state index contributed by atoms with van der Waals surface area (Å²) in [5, 5.41) is 150. The topological polar surface area (TPSA) is 558 Å². The van der Waals surface area contributed by atoms with Crippen molar-refractivity contribution in [1.82, 2.24) is 36.8 Å². The number of hydrogen-bond acceptors (Lipinski definition) is 30. The van der Waals surface area contributed by atoms with Crippen LogP contribution in [0, 0.1) is 0 Å². The van der Waals surface area contributed by atoms with Crippen molar-refractivity contribution in [2.45, 2.75) is 206 Å². The second-order valence-corrected chi connectivity index (χ2v) is 23.6. The molecule has 5 rings (SSSR count). The maximum absolute atomic E-state index is 13.2. The molecule has 4 heterocycles. The monoisotopic (exact) mass is 1370 g/mol. The quantitative estimate of drug-likeness (QED) is 0.0271. The van der Waals surface area contributed by atoms with Gasteiger partial charge in [0.25, 0.3) is 0 Å². The summed E-state index contributed by atoms with van der Waals surface area (Å²) in [5.74, 6) is -3.47. The maximum atomic E-state index is 13.2. The van der Waals surface area contributed by atoms with Crippen molar-refractivity contribution in [2.24, 2.45) is 5.73 Å². The van der Waals surface area contributed by atoms with Crippen LogP contribution in [0.2, 0.25) is 0 Å². The number of carbonyl (C=O) groups is 7. The van der Waals surface area contributed by atoms with Crippen molar-refractivity contribution in [1.29, 1.82) is 0 Å². The third kappa shape index (κ3) is 26.5. The summed E-state index contributed by atoms with van der Waals surface area (Å²) in [6.45, 7) is -2.08. The number of hydrogen-bond donors (Lipinski definition) is 20. The van der Waals surface area contributed by atoms with Crippen molar-refractivity contribution < 1.29 is 138 Å². The molecule has 21 N–H and O–H groups in total. The van der Waals surface area contributed by atoms with Crippen LogP contribution in [-0.4, -0.2) is 327 Å². The highest BCUT2D eigenvalue weighted by Crippen LogP contribution is 2.31. The van der Waals surface area contributed by atoms with Gasteiger partial charge in [-0.25, -0.2) is 0 Å². The van der Waals surface area contributed by atoms with Gasteiger partial charge in [0.05, 0.1) is 64.8 Å². The number of nitrogens with one attached hydrogen (secondary N) is 6. The van der Waals surface area contributed by atoms with Crippen LogP contribution in [0.3, 0.4) is 0 Å². The molecule has 4 aliphatic heterocycles. The minimum absolute atomic E-state index is 0.0179. The lowest BCUT2D eigenvalue weighted by Gasteiger charge is -2.46. The van der Waals surface area contributed by atoms with E-state index in [2.05, 4.69) is 31.9 Å². The summed E-state index contributed by atoms with van der Waals surface area (Å²) in [7, 11) is 0. The van der Waals surface area contributed by atoms with E-state index >= 15 is 0 Å². The molecule has 36 nitrogen and oxygen atoms in total. The Bertz CT molecular complexity index is 2480. The smallest absolute Gasteiger partial charge is 0.243 e. The van der Waals surface area contributed by atoms with E-state index in [9.17, 15) is 99.9 Å². The molecule has 7 amide bonds. The summed E-state index contributed by atoms with van der Waals surface area (Å²) in [6, 6.07) is 8.19. The van der Waals surface area contributed by atoms with Gasteiger partial charge in [-0.15, -0.1) is 0 Å². The average molecular weight is 1370 g/mol. The molecule has 0 unspecified atom stereocenters. The van der Waals surface area contributed by atoms with E-state index in [-0.39, 0.29) is 97.0 Å². The van der Waals surface area contributed by atoms with E-state index < -0.39 is 191 Å². The number of aliphatic hydroxyl groups excluding tert-OH is 13. The van der Waals surface area contributed by atoms with Crippen molar-refractivity contribution in [3.05, 3.63) is 35.9 Å². The Labute approximate surface area is 548 Å². The summed E-state index contributed by atoms with van der Waals surface area (Å²) in [4.78, 5) is 91.0. The molecule has 0 radical (unpaired) electrons. The minimum Gasteiger partial charge on any atom is -0.394 e. The molecule has 542 valence electrons. The van der Waals surface area contributed by atoms with Gasteiger partial charge < -0.3 is 137 Å². The van der Waals surface area contributed by atoms with Gasteiger partial charge in [-0.1, -0.05) is 43.2 Å². The fourth-order valence-corrected chi connectivity index (χ4v) is 10.4. The highest BCUT2D eigenvalue weighted by atomic mass is 16.8. The fourth-order valence-electron chi connectivity index (χ4n) is 10.4. The fraction of sp³-hybridized carbons (Fsp3) is 0.780. The predicted molar refractivity (Wildman–Crippen MR) is 322 cm³/mol. The highest BCUT2D eigenvalue weighted by molar-refractivity contribution is 5.97. The second-order valence-electron chi connectivity index (χ2n) is 23.6. The van der Waals surface area contributed by atoms with Gasteiger partial charge in [0.1, 0.15) is 91.6 Å². The van der Waals surface area contributed by atoms with Crippen molar-refractivity contribution >= 4 is 41.4 Å². The van der Waals surface area contributed by atoms with Gasteiger partial charge >= 0.3 is 0 Å². The van der Waals surface area contributed by atoms with Crippen LogP contribution in [0.25, 0.3) is 0 Å². The van der Waals surface area contributed by atoms with E-state index in [1.807, 2.05) is 30.3 Å². The molecule has 0 aromatic heterocycles. The van der Waals surface area contributed by atoms with Crippen LogP contribution in [0.1, 0.15) is 76.7 Å². The van der Waals surface area contributed by atoms with E-state index in [0.29, 0.717) is 38.5 Å². The zero-order valence-corrected chi connectivity index (χ0v) is 52.9. The first-order chi connectivity index (χ1) is 45.3. The summed E-state index contributed by atoms with van der Waals surface area (Å²) in [5.41, 5.74) is 6.83. The number of carbonyl (C=O) groups excluding carboxylic acids is 7. The molecule has 4 fully saturated rings. The van der Waals surface area contributed by atoms with E-state index in [1.54, 1.807) is 0 Å². The first kappa shape index (κ1) is 80.5. The zero-order valence-electron chi connectivity index (χ0n) is 52.9. The Balaban J connectivity index is 1.05. The third-order valence-electron chi connectivity index (χ3n) is 16.0. The largest absolute Gasteiger partial charge is 0.394 e. The number of benzene rings is 1. The Morgan fingerprint density at radius 2 is 0.895 bits per heavy atom. The number of ether oxygens (including phenoxy) is 8. The van der Waals surface area contributed by atoms with E-state index in [1.165, 1.54) is 11.8 Å². The molecule has 0 bridgehead atoms. The normalized spacial score (nSPS) is 31.2. The van der Waals surface area contributed by atoms with Crippen molar-refractivity contribution in [3.8, 4) is 0 Å². The van der Waals surface area contributed by atoms with Gasteiger partial charge in [0, 0.05) is 52.0 Å². The average Bonchev–Trinajstić information content (AvgIpc) is 0.802. The predicted octanol–water partition coefficient (Wildman–Crippen LogP) is -9.71. The lowest BCUT2D eigenvalue weighted by Crippen LogP contribution is -2.65. The van der Waals surface area contributed by atoms with Crippen molar-refractivity contribution in [3.63, 3.8) is 0 Å². The summed E-state index contributed by atoms with van der Waals surface area (Å²) in [6.07, 6.45) is -29.1. The Hall–Kier alpha value is -5.21. The molecule has 36 heteroatoms. The Kier molecular flexibility index (Phi) is 35.5. The number of aliphatic hydroxyl groups is 13. The van der Waals surface area contributed by atoms with Crippen LogP contribution in [0.4, 0.5) is 0 Å². The van der Waals surface area contributed by atoms with Crippen LogP contribution in [-0.2, 0) is 77.9 Å². The third-order valence-corrected chi connectivity index (χ3v) is 16.0. The molecule has 95 heavy (non-hydrogen) atoms. The number of nitrogens with zero attached hydrogens (tertiary/aromatic N) is 1. The molecule has 0 aliphatic carbocycles. The van der Waals surface area contributed by atoms with Crippen LogP contribution < -0.4 is 37.6 Å².